The van der Waals surface area contributed by atoms with Gasteiger partial charge in [-0.05, 0) is 43.9 Å². The first kappa shape index (κ1) is 28.6. The second-order valence-corrected chi connectivity index (χ2v) is 10.7. The molecular weight excluding hydrogens is 433 g/mol. The van der Waals surface area contributed by atoms with Crippen LogP contribution in [0.25, 0.3) is 0 Å². The van der Waals surface area contributed by atoms with Crippen molar-refractivity contribution in [3.63, 3.8) is 0 Å². The highest BCUT2D eigenvalue weighted by Gasteiger charge is 2.31. The van der Waals surface area contributed by atoms with Crippen molar-refractivity contribution in [2.45, 2.75) is 64.9 Å². The molecule has 1 unspecified atom stereocenters. The van der Waals surface area contributed by atoms with Crippen LogP contribution >= 0.6 is 7.82 Å². The minimum absolute atomic E-state index is 0.105. The predicted octanol–water partition coefficient (Wildman–Crippen LogP) is 4.71. The number of unbranched alkanes of at least 4 members (excludes halogenated alkanes) is 5. The first-order chi connectivity index (χ1) is 14.9. The van der Waals surface area contributed by atoms with Gasteiger partial charge in [0.15, 0.2) is 0 Å². The van der Waals surface area contributed by atoms with Gasteiger partial charge in [0.05, 0.1) is 40.8 Å². The number of aryl methyl sites for hydroxylation is 1. The Morgan fingerprint density at radius 1 is 1.03 bits per heavy atom. The van der Waals surface area contributed by atoms with E-state index < -0.39 is 19.9 Å². The van der Waals surface area contributed by atoms with Gasteiger partial charge in [0.25, 0.3) is 0 Å². The summed E-state index contributed by atoms with van der Waals surface area (Å²) in [6.45, 7) is 5.23. The molecule has 0 aliphatic carbocycles. The van der Waals surface area contributed by atoms with E-state index in [0.717, 1.165) is 37.9 Å². The molecule has 9 heteroatoms. The number of ether oxygens (including phenoxy) is 1. The van der Waals surface area contributed by atoms with E-state index in [1.54, 1.807) is 0 Å². The number of phosphoric ester groups is 1. The molecule has 1 aromatic carbocycles. The van der Waals surface area contributed by atoms with E-state index in [1.165, 1.54) is 11.1 Å². The molecule has 0 fully saturated rings. The van der Waals surface area contributed by atoms with Crippen LogP contribution in [0, 0.1) is 13.8 Å². The summed E-state index contributed by atoms with van der Waals surface area (Å²) in [5.74, 6) is -0.132. The van der Waals surface area contributed by atoms with Crippen molar-refractivity contribution in [1.82, 2.24) is 0 Å². The van der Waals surface area contributed by atoms with Gasteiger partial charge >= 0.3 is 13.8 Å². The first-order valence-electron chi connectivity index (χ1n) is 11.3. The molecule has 0 aliphatic rings. The normalized spacial score (nSPS) is 14.7. The van der Waals surface area contributed by atoms with Crippen molar-refractivity contribution >= 4 is 13.8 Å². The molecule has 2 atom stereocenters. The van der Waals surface area contributed by atoms with Crippen LogP contribution in [0.2, 0.25) is 0 Å². The third kappa shape index (κ3) is 13.2. The van der Waals surface area contributed by atoms with Crippen LogP contribution < -0.4 is 4.74 Å². The molecule has 0 spiro atoms. The second kappa shape index (κ2) is 14.0. The highest BCUT2D eigenvalue weighted by Crippen LogP contribution is 2.45. The molecule has 32 heavy (non-hydrogen) atoms. The van der Waals surface area contributed by atoms with E-state index in [9.17, 15) is 14.3 Å². The quantitative estimate of drug-likeness (QED) is 0.192. The molecule has 8 nitrogen and oxygen atoms in total. The molecule has 184 valence electrons. The molecule has 0 bridgehead atoms. The van der Waals surface area contributed by atoms with E-state index in [-0.39, 0.29) is 19.6 Å². The highest BCUT2D eigenvalue weighted by molar-refractivity contribution is 7.47. The number of phosphoric acid groups is 1. The van der Waals surface area contributed by atoms with E-state index in [1.807, 2.05) is 33.3 Å². The number of carbonyl (C=O) groups is 1. The predicted molar refractivity (Wildman–Crippen MR) is 125 cm³/mol. The van der Waals surface area contributed by atoms with Crippen LogP contribution in [-0.4, -0.2) is 67.5 Å². The zero-order valence-electron chi connectivity index (χ0n) is 20.2. The fourth-order valence-corrected chi connectivity index (χ4v) is 4.25. The first-order valence-corrected chi connectivity index (χ1v) is 12.8. The average Bonchev–Trinajstić information content (AvgIpc) is 2.64. The number of aliphatic carboxylic acids is 1. The minimum atomic E-state index is -4.29. The summed E-state index contributed by atoms with van der Waals surface area (Å²) in [4.78, 5) is 20.9. The molecule has 1 rings (SSSR count). The zero-order chi connectivity index (χ0) is 24.2. The van der Waals surface area contributed by atoms with E-state index in [0.29, 0.717) is 17.5 Å². The highest BCUT2D eigenvalue weighted by atomic mass is 31.2. The van der Waals surface area contributed by atoms with E-state index in [2.05, 4.69) is 19.9 Å². The molecule has 0 saturated carbocycles. The van der Waals surface area contributed by atoms with Crippen LogP contribution in [0.15, 0.2) is 18.2 Å². The molecule has 0 amide bonds. The summed E-state index contributed by atoms with van der Waals surface area (Å²) < 4.78 is 28.6. The molecular formula is C23H41NO7P+. The van der Waals surface area contributed by atoms with E-state index >= 15 is 0 Å². The third-order valence-corrected chi connectivity index (χ3v) is 6.11. The molecule has 0 aliphatic heterocycles. The number of nitrogens with zero attached hydrogens (tertiary/aromatic N) is 1. The summed E-state index contributed by atoms with van der Waals surface area (Å²) in [7, 11) is 1.29. The van der Waals surface area contributed by atoms with Crippen molar-refractivity contribution in [2.24, 2.45) is 0 Å². The number of carboxylic acids is 1. The smallest absolute Gasteiger partial charge is 0.472 e. The largest absolute Gasteiger partial charge is 0.493 e. The van der Waals surface area contributed by atoms with Crippen molar-refractivity contribution in [2.75, 3.05) is 40.9 Å². The van der Waals surface area contributed by atoms with Crippen LogP contribution in [0.5, 0.6) is 5.75 Å². The van der Waals surface area contributed by atoms with Gasteiger partial charge in [-0.25, -0.2) is 4.57 Å². The topological polar surface area (TPSA) is 102 Å². The Labute approximate surface area is 192 Å². The van der Waals surface area contributed by atoms with E-state index in [4.69, 9.17) is 18.9 Å². The van der Waals surface area contributed by atoms with Gasteiger partial charge in [-0.1, -0.05) is 37.8 Å². The number of rotatable bonds is 17. The number of likely N-dealkylation sites (N-methyl/N-ethyl adjacent to an activating group) is 1. The Bertz CT molecular complexity index is 748. The van der Waals surface area contributed by atoms with Gasteiger partial charge in [0, 0.05) is 0 Å². The van der Waals surface area contributed by atoms with Crippen LogP contribution in [0.3, 0.4) is 0 Å². The summed E-state index contributed by atoms with van der Waals surface area (Å²) in [5, 5.41) is 9.00. The average molecular weight is 475 g/mol. The number of carboxylic acid groups (broad SMARTS) is 1. The Kier molecular flexibility index (Phi) is 12.5. The Hall–Kier alpha value is -1.44. The monoisotopic (exact) mass is 474 g/mol. The van der Waals surface area contributed by atoms with Crippen LogP contribution in [0.4, 0.5) is 0 Å². The van der Waals surface area contributed by atoms with Crippen molar-refractivity contribution in [1.29, 1.82) is 0 Å². The van der Waals surface area contributed by atoms with Crippen LogP contribution in [0.1, 0.15) is 56.1 Å². The van der Waals surface area contributed by atoms with Crippen molar-refractivity contribution in [3.05, 3.63) is 29.3 Å². The summed E-state index contributed by atoms with van der Waals surface area (Å²) in [5.41, 5.74) is 2.41. The standard InChI is InChI=1S/C23H40NO7P/c1-19-13-12-14-22(20(19)2)29-15-10-8-6-7-9-11-16-30-32(27,28)31-21(17-23(25)26)18-24(3,4)5/h12-14,21H,6-11,15-18H2,1-5H3,(H-,25,26,27,28)/p+1/t21-/m1/s1. The Morgan fingerprint density at radius 3 is 2.22 bits per heavy atom. The minimum Gasteiger partial charge on any atom is -0.493 e. The molecule has 0 aromatic heterocycles. The van der Waals surface area contributed by atoms with Crippen molar-refractivity contribution in [3.8, 4) is 5.75 Å². The fourth-order valence-electron chi connectivity index (χ4n) is 3.31. The summed E-state index contributed by atoms with van der Waals surface area (Å²) in [6.07, 6.45) is 4.41. The van der Waals surface area contributed by atoms with Gasteiger partial charge in [-0.2, -0.15) is 0 Å². The number of hydrogen-bond acceptors (Lipinski definition) is 5. The number of quaternary nitrogens is 1. The van der Waals surface area contributed by atoms with Gasteiger partial charge in [-0.3, -0.25) is 13.8 Å². The lowest BCUT2D eigenvalue weighted by Gasteiger charge is -2.29. The maximum absolute atomic E-state index is 12.2. The van der Waals surface area contributed by atoms with Crippen molar-refractivity contribution < 1.29 is 37.6 Å². The maximum atomic E-state index is 12.2. The number of hydrogen-bond donors (Lipinski definition) is 2. The molecule has 0 heterocycles. The Balaban J connectivity index is 2.16. The van der Waals surface area contributed by atoms with Gasteiger partial charge in [-0.15, -0.1) is 0 Å². The third-order valence-electron chi connectivity index (χ3n) is 5.04. The molecule has 1 aromatic rings. The fraction of sp³-hybridized carbons (Fsp3) is 0.696. The second-order valence-electron chi connectivity index (χ2n) is 9.27. The maximum Gasteiger partial charge on any atom is 0.472 e. The SMILES string of the molecule is Cc1cccc(OCCCCCCCCOP(=O)(O)O[C@H](CC(=O)O)C[N+](C)(C)C)c1C. The van der Waals surface area contributed by atoms with Gasteiger partial charge < -0.3 is 19.2 Å². The lowest BCUT2D eigenvalue weighted by Crippen LogP contribution is -2.42. The molecule has 0 saturated heterocycles. The lowest BCUT2D eigenvalue weighted by molar-refractivity contribution is -0.873. The van der Waals surface area contributed by atoms with Gasteiger partial charge in [0.1, 0.15) is 18.4 Å². The lowest BCUT2D eigenvalue weighted by atomic mass is 10.1. The molecule has 2 N–H and O–H groups in total. The number of benzene rings is 1. The van der Waals surface area contributed by atoms with Gasteiger partial charge in [0.2, 0.25) is 0 Å². The summed E-state index contributed by atoms with van der Waals surface area (Å²) in [6, 6.07) is 6.08. The zero-order valence-corrected chi connectivity index (χ0v) is 21.1. The Morgan fingerprint density at radius 2 is 1.62 bits per heavy atom. The summed E-state index contributed by atoms with van der Waals surface area (Å²) >= 11 is 0. The van der Waals surface area contributed by atoms with Crippen LogP contribution in [-0.2, 0) is 18.4 Å². The molecule has 0 radical (unpaired) electrons.